The van der Waals surface area contributed by atoms with Crippen molar-refractivity contribution in [2.45, 2.75) is 31.9 Å². The van der Waals surface area contributed by atoms with E-state index in [2.05, 4.69) is 0 Å². The van der Waals surface area contributed by atoms with E-state index in [1.165, 1.54) is 0 Å². The molecule has 3 rings (SSSR count). The Morgan fingerprint density at radius 3 is 2.15 bits per heavy atom. The van der Waals surface area contributed by atoms with Crippen LogP contribution in [-0.4, -0.2) is 11.6 Å². The average Bonchev–Trinajstić information content (AvgIpc) is 2.57. The molecular weight excluding hydrogens is 341 g/mol. The zero-order valence-electron chi connectivity index (χ0n) is 14.1. The first-order chi connectivity index (χ1) is 12.2. The molecule has 26 heavy (non-hydrogen) atoms. The highest BCUT2D eigenvalue weighted by Gasteiger charge is 2.34. The van der Waals surface area contributed by atoms with Crippen molar-refractivity contribution in [3.63, 3.8) is 0 Å². The van der Waals surface area contributed by atoms with Crippen LogP contribution in [0.4, 0.5) is 13.2 Å². The molecule has 0 aromatic heterocycles. The van der Waals surface area contributed by atoms with E-state index in [4.69, 9.17) is 0 Å². The normalized spacial score (nSPS) is 18.2. The Hall–Kier alpha value is -2.69. The van der Waals surface area contributed by atoms with E-state index >= 15 is 0 Å². The van der Waals surface area contributed by atoms with Gasteiger partial charge in [-0.15, -0.1) is 0 Å². The van der Waals surface area contributed by atoms with Crippen molar-refractivity contribution in [3.8, 4) is 0 Å². The number of aryl methyl sites for hydroxylation is 1. The predicted molar refractivity (Wildman–Crippen MR) is 92.6 cm³/mol. The van der Waals surface area contributed by atoms with Crippen LogP contribution in [0.1, 0.15) is 41.0 Å². The molecule has 0 aliphatic heterocycles. The second-order valence-electron chi connectivity index (χ2n) is 6.55. The molecule has 1 aliphatic carbocycles. The van der Waals surface area contributed by atoms with Gasteiger partial charge in [0.2, 0.25) is 0 Å². The standard InChI is InChI=1S/C21H17F3O2/c1-13-7-15(10-17(8-13)21(22,23)24)16-11-19(25)18(20(26)12-16)9-14-5-3-2-4-6-14/h2-10,16H,11-12H2,1H3. The van der Waals surface area contributed by atoms with Gasteiger partial charge >= 0.3 is 6.18 Å². The van der Waals surface area contributed by atoms with E-state index in [-0.39, 0.29) is 30.0 Å². The third-order valence-corrected chi connectivity index (χ3v) is 4.47. The summed E-state index contributed by atoms with van der Waals surface area (Å²) >= 11 is 0. The number of allylic oxidation sites excluding steroid dienone is 1. The highest BCUT2D eigenvalue weighted by atomic mass is 19.4. The highest BCUT2D eigenvalue weighted by molar-refractivity contribution is 6.25. The Labute approximate surface area is 149 Å². The van der Waals surface area contributed by atoms with Gasteiger partial charge in [0, 0.05) is 12.8 Å². The molecule has 134 valence electrons. The molecule has 1 aliphatic rings. The van der Waals surface area contributed by atoms with Crippen LogP contribution in [0.15, 0.2) is 54.1 Å². The SMILES string of the molecule is Cc1cc(C2CC(=O)C(=Cc3ccccc3)C(=O)C2)cc(C(F)(F)F)c1. The van der Waals surface area contributed by atoms with Crippen molar-refractivity contribution in [2.24, 2.45) is 0 Å². The summed E-state index contributed by atoms with van der Waals surface area (Å²) in [5.41, 5.74) is 0.963. The summed E-state index contributed by atoms with van der Waals surface area (Å²) in [5.74, 6) is -1.18. The number of hydrogen-bond donors (Lipinski definition) is 0. The molecule has 2 aromatic rings. The van der Waals surface area contributed by atoms with Crippen LogP contribution < -0.4 is 0 Å². The van der Waals surface area contributed by atoms with Gasteiger partial charge in [-0.05, 0) is 42.2 Å². The van der Waals surface area contributed by atoms with E-state index < -0.39 is 17.7 Å². The molecule has 1 saturated carbocycles. The van der Waals surface area contributed by atoms with Crippen molar-refractivity contribution in [1.29, 1.82) is 0 Å². The third kappa shape index (κ3) is 3.93. The van der Waals surface area contributed by atoms with Crippen molar-refractivity contribution >= 4 is 17.6 Å². The minimum Gasteiger partial charge on any atom is -0.294 e. The van der Waals surface area contributed by atoms with E-state index in [9.17, 15) is 22.8 Å². The zero-order valence-corrected chi connectivity index (χ0v) is 14.1. The van der Waals surface area contributed by atoms with E-state index in [0.717, 1.165) is 17.7 Å². The van der Waals surface area contributed by atoms with Gasteiger partial charge in [0.1, 0.15) is 0 Å². The molecule has 5 heteroatoms. The minimum absolute atomic E-state index is 0.0329. The summed E-state index contributed by atoms with van der Waals surface area (Å²) in [7, 11) is 0. The topological polar surface area (TPSA) is 34.1 Å². The summed E-state index contributed by atoms with van der Waals surface area (Å²) in [6.07, 6.45) is -2.84. The summed E-state index contributed by atoms with van der Waals surface area (Å²) in [6, 6.07) is 12.7. The number of Topliss-reactive ketones (excluding diaryl/α,β-unsaturated/α-hetero) is 2. The number of alkyl halides is 3. The van der Waals surface area contributed by atoms with Crippen molar-refractivity contribution in [2.75, 3.05) is 0 Å². The first-order valence-electron chi connectivity index (χ1n) is 8.26. The molecule has 0 amide bonds. The fourth-order valence-electron chi connectivity index (χ4n) is 3.22. The van der Waals surface area contributed by atoms with Crippen LogP contribution in [0.5, 0.6) is 0 Å². The lowest BCUT2D eigenvalue weighted by molar-refractivity contribution is -0.137. The molecule has 0 bridgehead atoms. The van der Waals surface area contributed by atoms with Crippen molar-refractivity contribution < 1.29 is 22.8 Å². The highest BCUT2D eigenvalue weighted by Crippen LogP contribution is 2.36. The minimum atomic E-state index is -4.46. The van der Waals surface area contributed by atoms with Crippen molar-refractivity contribution in [3.05, 3.63) is 76.4 Å². The van der Waals surface area contributed by atoms with Crippen LogP contribution in [0.25, 0.3) is 6.08 Å². The fraction of sp³-hybridized carbons (Fsp3) is 0.238. The number of rotatable bonds is 2. The average molecular weight is 358 g/mol. The lowest BCUT2D eigenvalue weighted by Gasteiger charge is -2.23. The fourth-order valence-corrected chi connectivity index (χ4v) is 3.22. The molecule has 0 unspecified atom stereocenters. The summed E-state index contributed by atoms with van der Waals surface area (Å²) < 4.78 is 39.1. The Morgan fingerprint density at radius 1 is 0.962 bits per heavy atom. The van der Waals surface area contributed by atoms with Gasteiger partial charge in [-0.3, -0.25) is 9.59 Å². The second-order valence-corrected chi connectivity index (χ2v) is 6.55. The summed E-state index contributed by atoms with van der Waals surface area (Å²) in [6.45, 7) is 1.58. The van der Waals surface area contributed by atoms with Gasteiger partial charge < -0.3 is 0 Å². The van der Waals surface area contributed by atoms with Crippen LogP contribution in [0.3, 0.4) is 0 Å². The van der Waals surface area contributed by atoms with Gasteiger partial charge in [-0.1, -0.05) is 42.0 Å². The smallest absolute Gasteiger partial charge is 0.294 e. The Balaban J connectivity index is 1.89. The van der Waals surface area contributed by atoms with Gasteiger partial charge in [0.15, 0.2) is 11.6 Å². The molecule has 0 spiro atoms. The number of benzene rings is 2. The van der Waals surface area contributed by atoms with Crippen molar-refractivity contribution in [1.82, 2.24) is 0 Å². The third-order valence-electron chi connectivity index (χ3n) is 4.47. The second kappa shape index (κ2) is 6.90. The Bertz CT molecular complexity index is 860. The lowest BCUT2D eigenvalue weighted by atomic mass is 9.79. The summed E-state index contributed by atoms with van der Waals surface area (Å²) in [4.78, 5) is 24.9. The van der Waals surface area contributed by atoms with Gasteiger partial charge in [-0.2, -0.15) is 13.2 Å². The maximum Gasteiger partial charge on any atom is 0.416 e. The Kier molecular flexibility index (Phi) is 4.81. The Morgan fingerprint density at radius 2 is 1.58 bits per heavy atom. The van der Waals surface area contributed by atoms with Crippen LogP contribution in [0, 0.1) is 6.92 Å². The molecule has 0 heterocycles. The van der Waals surface area contributed by atoms with E-state index in [0.29, 0.717) is 11.1 Å². The van der Waals surface area contributed by atoms with Crippen LogP contribution >= 0.6 is 0 Å². The molecular formula is C21H17F3O2. The van der Waals surface area contributed by atoms with Gasteiger partial charge in [0.05, 0.1) is 11.1 Å². The monoisotopic (exact) mass is 358 g/mol. The number of halogens is 3. The molecule has 0 atom stereocenters. The quantitative estimate of drug-likeness (QED) is 0.552. The van der Waals surface area contributed by atoms with E-state index in [1.54, 1.807) is 43.3 Å². The zero-order chi connectivity index (χ0) is 18.9. The van der Waals surface area contributed by atoms with E-state index in [1.807, 2.05) is 6.07 Å². The maximum absolute atomic E-state index is 13.0. The molecule has 0 radical (unpaired) electrons. The number of hydrogen-bond acceptors (Lipinski definition) is 2. The predicted octanol–water partition coefficient (Wildman–Crippen LogP) is 5.11. The molecule has 0 N–H and O–H groups in total. The summed E-state index contributed by atoms with van der Waals surface area (Å²) in [5, 5.41) is 0. The van der Waals surface area contributed by atoms with Crippen LogP contribution in [-0.2, 0) is 15.8 Å². The largest absolute Gasteiger partial charge is 0.416 e. The number of carbonyl (C=O) groups is 2. The first-order valence-corrected chi connectivity index (χ1v) is 8.26. The number of carbonyl (C=O) groups excluding carboxylic acids is 2. The molecule has 2 aromatic carbocycles. The number of ketones is 2. The maximum atomic E-state index is 13.0. The van der Waals surface area contributed by atoms with Crippen LogP contribution in [0.2, 0.25) is 0 Å². The molecule has 1 fully saturated rings. The first kappa shape index (κ1) is 18.1. The van der Waals surface area contributed by atoms with Gasteiger partial charge in [0.25, 0.3) is 0 Å². The molecule has 0 saturated heterocycles. The molecule has 2 nitrogen and oxygen atoms in total. The lowest BCUT2D eigenvalue weighted by Crippen LogP contribution is -2.25. The van der Waals surface area contributed by atoms with Gasteiger partial charge in [-0.25, -0.2) is 0 Å².